The van der Waals surface area contributed by atoms with Crippen LogP contribution >= 0.6 is 0 Å². The largest absolute Gasteiger partial charge is 0.494 e. The van der Waals surface area contributed by atoms with Crippen molar-refractivity contribution in [1.82, 2.24) is 4.98 Å². The second-order valence-corrected chi connectivity index (χ2v) is 9.94. The molecule has 1 saturated heterocycles. The third-order valence-corrected chi connectivity index (χ3v) is 7.16. The van der Waals surface area contributed by atoms with Crippen LogP contribution in [-0.4, -0.2) is 23.3 Å². The van der Waals surface area contributed by atoms with E-state index in [1.54, 1.807) is 0 Å². The van der Waals surface area contributed by atoms with Crippen LogP contribution in [0.15, 0.2) is 89.3 Å². The molecule has 5 aromatic rings. The molecular formula is C29H26BNO3. The first-order valence-corrected chi connectivity index (χ1v) is 11.7. The zero-order chi connectivity index (χ0) is 23.5. The van der Waals surface area contributed by atoms with Crippen molar-refractivity contribution in [2.24, 2.45) is 0 Å². The summed E-state index contributed by atoms with van der Waals surface area (Å²) >= 11 is 0. The van der Waals surface area contributed by atoms with Gasteiger partial charge in [0.25, 0.3) is 0 Å². The van der Waals surface area contributed by atoms with Crippen LogP contribution in [0.4, 0.5) is 0 Å². The maximum absolute atomic E-state index is 6.23. The van der Waals surface area contributed by atoms with Crippen LogP contribution < -0.4 is 5.46 Å². The van der Waals surface area contributed by atoms with E-state index in [-0.39, 0.29) is 18.3 Å². The molecule has 34 heavy (non-hydrogen) atoms. The van der Waals surface area contributed by atoms with Crippen molar-refractivity contribution in [3.63, 3.8) is 0 Å². The van der Waals surface area contributed by atoms with Crippen molar-refractivity contribution in [1.29, 1.82) is 0 Å². The summed E-state index contributed by atoms with van der Waals surface area (Å²) in [6.07, 6.45) is 0. The molecule has 0 unspecified atom stereocenters. The molecule has 5 heteroatoms. The van der Waals surface area contributed by atoms with Gasteiger partial charge in [0.2, 0.25) is 5.89 Å². The van der Waals surface area contributed by atoms with E-state index in [0.29, 0.717) is 5.89 Å². The Kier molecular flexibility index (Phi) is 4.70. The standard InChI is InChI=1S/C29H26BNO3/c1-28(2)29(3,4)34-30(33-28)23-10-7-9-22(18-23)19-12-14-21(15-13-19)27-31-26-24-11-6-5-8-20(24)16-17-25(26)32-27/h5-18H,1-4H3. The molecule has 168 valence electrons. The van der Waals surface area contributed by atoms with E-state index in [2.05, 4.69) is 94.4 Å². The van der Waals surface area contributed by atoms with Crippen molar-refractivity contribution in [3.8, 4) is 22.6 Å². The Labute approximate surface area is 199 Å². The van der Waals surface area contributed by atoms with Gasteiger partial charge in [0.1, 0.15) is 5.52 Å². The lowest BCUT2D eigenvalue weighted by atomic mass is 9.78. The second-order valence-electron chi connectivity index (χ2n) is 9.94. The van der Waals surface area contributed by atoms with Crippen LogP contribution in [0.25, 0.3) is 44.5 Å². The lowest BCUT2D eigenvalue weighted by molar-refractivity contribution is 0.00578. The van der Waals surface area contributed by atoms with Crippen molar-refractivity contribution in [2.45, 2.75) is 38.9 Å². The highest BCUT2D eigenvalue weighted by atomic mass is 16.7. The van der Waals surface area contributed by atoms with E-state index in [9.17, 15) is 0 Å². The first kappa shape index (κ1) is 21.1. The number of hydrogen-bond donors (Lipinski definition) is 0. The predicted octanol–water partition coefficient (Wildman–Crippen LogP) is 6.61. The summed E-state index contributed by atoms with van der Waals surface area (Å²) in [5.74, 6) is 0.629. The first-order valence-electron chi connectivity index (χ1n) is 11.7. The molecule has 0 saturated carbocycles. The topological polar surface area (TPSA) is 44.5 Å². The minimum atomic E-state index is -0.376. The Morgan fingerprint density at radius 1 is 0.676 bits per heavy atom. The van der Waals surface area contributed by atoms with Crippen LogP contribution in [-0.2, 0) is 9.31 Å². The Hall–Kier alpha value is -3.41. The van der Waals surface area contributed by atoms with Crippen LogP contribution in [0.1, 0.15) is 27.7 Å². The number of aromatic nitrogens is 1. The second kappa shape index (κ2) is 7.56. The maximum Gasteiger partial charge on any atom is 0.494 e. The molecule has 1 aliphatic rings. The average Bonchev–Trinajstić information content (AvgIpc) is 3.37. The highest BCUT2D eigenvalue weighted by molar-refractivity contribution is 6.62. The van der Waals surface area contributed by atoms with Gasteiger partial charge in [-0.2, -0.15) is 0 Å². The SMILES string of the molecule is CC1(C)OB(c2cccc(-c3ccc(-c4nc5c(ccc6ccccc65)o4)cc3)c2)OC1(C)C. The third kappa shape index (κ3) is 3.44. The summed E-state index contributed by atoms with van der Waals surface area (Å²) in [5.41, 5.74) is 5.17. The molecule has 0 atom stereocenters. The minimum absolute atomic E-state index is 0.361. The molecule has 0 spiro atoms. The van der Waals surface area contributed by atoms with E-state index in [4.69, 9.17) is 18.7 Å². The number of nitrogens with zero attached hydrogens (tertiary/aromatic N) is 1. The number of fused-ring (bicyclic) bond motifs is 3. The van der Waals surface area contributed by atoms with Crippen LogP contribution in [0.5, 0.6) is 0 Å². The van der Waals surface area contributed by atoms with Crippen LogP contribution in [0.2, 0.25) is 0 Å². The molecular weight excluding hydrogens is 421 g/mol. The average molecular weight is 447 g/mol. The van der Waals surface area contributed by atoms with E-state index in [0.717, 1.165) is 44.0 Å². The Balaban J connectivity index is 1.30. The van der Waals surface area contributed by atoms with Gasteiger partial charge in [0.15, 0.2) is 5.58 Å². The summed E-state index contributed by atoms with van der Waals surface area (Å²) in [7, 11) is -0.376. The monoisotopic (exact) mass is 447 g/mol. The van der Waals surface area contributed by atoms with E-state index in [1.807, 2.05) is 18.2 Å². The van der Waals surface area contributed by atoms with E-state index in [1.165, 1.54) is 0 Å². The van der Waals surface area contributed by atoms with Crippen LogP contribution in [0.3, 0.4) is 0 Å². The molecule has 1 fully saturated rings. The highest BCUT2D eigenvalue weighted by Crippen LogP contribution is 2.37. The molecule has 0 amide bonds. The Bertz CT molecular complexity index is 1500. The lowest BCUT2D eigenvalue weighted by Crippen LogP contribution is -2.41. The van der Waals surface area contributed by atoms with Crippen molar-refractivity contribution in [3.05, 3.63) is 84.9 Å². The van der Waals surface area contributed by atoms with Gasteiger partial charge >= 0.3 is 7.12 Å². The third-order valence-electron chi connectivity index (χ3n) is 7.16. The Morgan fingerprint density at radius 2 is 1.38 bits per heavy atom. The molecule has 0 N–H and O–H groups in total. The van der Waals surface area contributed by atoms with Gasteiger partial charge in [-0.15, -0.1) is 0 Å². The molecule has 6 rings (SSSR count). The molecule has 4 nitrogen and oxygen atoms in total. The number of oxazole rings is 1. The van der Waals surface area contributed by atoms with Crippen molar-refractivity contribution in [2.75, 3.05) is 0 Å². The smallest absolute Gasteiger partial charge is 0.436 e. The fraction of sp³-hybridized carbons (Fsp3) is 0.207. The van der Waals surface area contributed by atoms with Gasteiger partial charge in [0.05, 0.1) is 11.2 Å². The molecule has 0 radical (unpaired) electrons. The normalized spacial score (nSPS) is 17.0. The number of hydrogen-bond acceptors (Lipinski definition) is 4. The van der Waals surface area contributed by atoms with Gasteiger partial charge in [-0.1, -0.05) is 66.7 Å². The zero-order valence-electron chi connectivity index (χ0n) is 19.8. The molecule has 0 bridgehead atoms. The molecule has 2 heterocycles. The molecule has 1 aliphatic heterocycles. The van der Waals surface area contributed by atoms with Crippen molar-refractivity contribution < 1.29 is 13.7 Å². The van der Waals surface area contributed by atoms with Crippen LogP contribution in [0, 0.1) is 0 Å². The summed E-state index contributed by atoms with van der Waals surface area (Å²) in [6.45, 7) is 8.30. The molecule has 0 aliphatic carbocycles. The lowest BCUT2D eigenvalue weighted by Gasteiger charge is -2.32. The molecule has 4 aromatic carbocycles. The van der Waals surface area contributed by atoms with Gasteiger partial charge in [-0.05, 0) is 67.9 Å². The fourth-order valence-corrected chi connectivity index (χ4v) is 4.43. The summed E-state index contributed by atoms with van der Waals surface area (Å²) in [4.78, 5) is 4.81. The minimum Gasteiger partial charge on any atom is -0.436 e. The Morgan fingerprint density at radius 3 is 2.15 bits per heavy atom. The van der Waals surface area contributed by atoms with E-state index >= 15 is 0 Å². The van der Waals surface area contributed by atoms with Gasteiger partial charge in [0, 0.05) is 10.9 Å². The van der Waals surface area contributed by atoms with Gasteiger partial charge in [-0.25, -0.2) is 4.98 Å². The van der Waals surface area contributed by atoms with E-state index < -0.39 is 0 Å². The maximum atomic E-state index is 6.23. The summed E-state index contributed by atoms with van der Waals surface area (Å²) < 4.78 is 18.6. The highest BCUT2D eigenvalue weighted by Gasteiger charge is 2.51. The van der Waals surface area contributed by atoms with Crippen molar-refractivity contribution >= 4 is 34.5 Å². The quantitative estimate of drug-likeness (QED) is 0.292. The number of rotatable bonds is 3. The fourth-order valence-electron chi connectivity index (χ4n) is 4.43. The summed E-state index contributed by atoms with van der Waals surface area (Å²) in [5, 5.41) is 2.26. The summed E-state index contributed by atoms with van der Waals surface area (Å²) in [6, 6.07) is 29.0. The zero-order valence-corrected chi connectivity index (χ0v) is 19.8. The van der Waals surface area contributed by atoms with Gasteiger partial charge < -0.3 is 13.7 Å². The number of benzene rings is 4. The molecule has 1 aromatic heterocycles. The first-order chi connectivity index (χ1) is 16.3. The van der Waals surface area contributed by atoms with Gasteiger partial charge in [-0.3, -0.25) is 0 Å². The predicted molar refractivity (Wildman–Crippen MR) is 138 cm³/mol.